The van der Waals surface area contributed by atoms with Gasteiger partial charge in [0.25, 0.3) is 5.69 Å². The number of nitrogens with zero attached hydrogens (tertiary/aromatic N) is 2. The highest BCUT2D eigenvalue weighted by Crippen LogP contribution is 2.65. The number of nitro groups is 1. The van der Waals surface area contributed by atoms with Crippen molar-refractivity contribution >= 4 is 23.2 Å². The average molecular weight is 340 g/mol. The van der Waals surface area contributed by atoms with E-state index in [4.69, 9.17) is 4.74 Å². The lowest BCUT2D eigenvalue weighted by atomic mass is 9.63. The molecule has 7 heteroatoms. The predicted molar refractivity (Wildman–Crippen MR) is 86.8 cm³/mol. The molecule has 4 aliphatic carbocycles. The van der Waals surface area contributed by atoms with Gasteiger partial charge < -0.3 is 4.74 Å². The summed E-state index contributed by atoms with van der Waals surface area (Å²) in [5.74, 6) is 0.371. The van der Waals surface area contributed by atoms with Crippen LogP contribution in [-0.2, 0) is 9.59 Å². The Labute approximate surface area is 143 Å². The lowest BCUT2D eigenvalue weighted by molar-refractivity contribution is -0.384. The molecule has 1 heterocycles. The number of hydrogen-bond donors (Lipinski definition) is 0. The lowest BCUT2D eigenvalue weighted by Gasteiger charge is -2.37. The second kappa shape index (κ2) is 4.68. The Morgan fingerprint density at radius 2 is 1.72 bits per heavy atom. The number of nitro benzene ring substituents is 1. The predicted octanol–water partition coefficient (Wildman–Crippen LogP) is 2.16. The monoisotopic (exact) mass is 340 g/mol. The van der Waals surface area contributed by atoms with Crippen molar-refractivity contribution in [1.82, 2.24) is 0 Å². The maximum absolute atomic E-state index is 13.1. The molecule has 1 aromatic rings. The van der Waals surface area contributed by atoms with Crippen LogP contribution < -0.4 is 9.64 Å². The maximum Gasteiger partial charge on any atom is 0.271 e. The van der Waals surface area contributed by atoms with Gasteiger partial charge in [-0.1, -0.05) is 12.2 Å². The molecule has 7 nitrogen and oxygen atoms in total. The van der Waals surface area contributed by atoms with Gasteiger partial charge in [0.15, 0.2) is 0 Å². The van der Waals surface area contributed by atoms with Crippen LogP contribution in [0.4, 0.5) is 11.4 Å². The summed E-state index contributed by atoms with van der Waals surface area (Å²) in [6.45, 7) is 0. The minimum absolute atomic E-state index is 0.117. The number of amides is 2. The smallest absolute Gasteiger partial charge is 0.271 e. The van der Waals surface area contributed by atoms with Gasteiger partial charge in [0.2, 0.25) is 11.8 Å². The Bertz CT molecular complexity index is 827. The van der Waals surface area contributed by atoms with Crippen molar-refractivity contribution in [2.45, 2.75) is 6.42 Å². The first-order chi connectivity index (χ1) is 12.0. The summed E-state index contributed by atoms with van der Waals surface area (Å²) in [5, 5.41) is 11.1. The third kappa shape index (κ3) is 1.75. The van der Waals surface area contributed by atoms with E-state index >= 15 is 0 Å². The van der Waals surface area contributed by atoms with Crippen LogP contribution in [0, 0.1) is 45.6 Å². The Morgan fingerprint density at radius 1 is 1.12 bits per heavy atom. The second-order valence-corrected chi connectivity index (χ2v) is 7.28. The molecule has 3 fully saturated rings. The summed E-state index contributed by atoms with van der Waals surface area (Å²) in [7, 11) is 1.42. The topological polar surface area (TPSA) is 89.8 Å². The SMILES string of the molecule is COc1ccc([N+](=O)[O-])cc1N1C(=O)[C@H]2[C@@H]3C=C[C@@H]([C@H]4C[C@H]34)[C@@H]2C1=O. The van der Waals surface area contributed by atoms with E-state index in [2.05, 4.69) is 12.2 Å². The van der Waals surface area contributed by atoms with Crippen molar-refractivity contribution in [2.75, 3.05) is 12.0 Å². The number of rotatable bonds is 3. The number of ether oxygens (including phenoxy) is 1. The van der Waals surface area contributed by atoms with Gasteiger partial charge in [0, 0.05) is 12.1 Å². The molecule has 2 bridgehead atoms. The van der Waals surface area contributed by atoms with E-state index < -0.39 is 4.92 Å². The number of anilines is 1. The van der Waals surface area contributed by atoms with Gasteiger partial charge in [-0.05, 0) is 36.2 Å². The Kier molecular flexibility index (Phi) is 2.74. The molecule has 2 amide bonds. The van der Waals surface area contributed by atoms with Crippen LogP contribution in [0.15, 0.2) is 30.4 Å². The molecular weight excluding hydrogens is 324 g/mol. The molecule has 0 aromatic heterocycles. The van der Waals surface area contributed by atoms with Gasteiger partial charge in [-0.3, -0.25) is 19.7 Å². The Hall–Kier alpha value is -2.70. The van der Waals surface area contributed by atoms with Crippen molar-refractivity contribution in [3.05, 3.63) is 40.5 Å². The van der Waals surface area contributed by atoms with E-state index in [-0.39, 0.29) is 52.6 Å². The van der Waals surface area contributed by atoms with E-state index in [1.165, 1.54) is 25.3 Å². The number of benzene rings is 1. The minimum Gasteiger partial charge on any atom is -0.495 e. The number of carbonyl (C=O) groups is 2. The van der Waals surface area contributed by atoms with Crippen LogP contribution in [-0.4, -0.2) is 23.8 Å². The molecule has 6 atom stereocenters. The third-order valence-electron chi connectivity index (χ3n) is 6.28. The molecule has 5 aliphatic rings. The molecule has 1 aromatic carbocycles. The highest BCUT2D eigenvalue weighted by atomic mass is 16.6. The molecule has 0 unspecified atom stereocenters. The fraction of sp³-hybridized carbons (Fsp3) is 0.444. The van der Waals surface area contributed by atoms with Crippen molar-refractivity contribution in [3.63, 3.8) is 0 Å². The molecule has 0 radical (unpaired) electrons. The molecule has 128 valence electrons. The minimum atomic E-state index is -0.540. The van der Waals surface area contributed by atoms with Gasteiger partial charge in [0.1, 0.15) is 11.4 Å². The van der Waals surface area contributed by atoms with Gasteiger partial charge >= 0.3 is 0 Å². The molecule has 25 heavy (non-hydrogen) atoms. The van der Waals surface area contributed by atoms with E-state index in [1.807, 2.05) is 0 Å². The van der Waals surface area contributed by atoms with Crippen LogP contribution in [0.2, 0.25) is 0 Å². The number of non-ortho nitro benzene ring substituents is 1. The van der Waals surface area contributed by atoms with Crippen LogP contribution in [0.25, 0.3) is 0 Å². The number of imide groups is 1. The normalized spacial score (nSPS) is 37.1. The zero-order valence-electron chi connectivity index (χ0n) is 13.5. The Balaban J connectivity index is 1.60. The van der Waals surface area contributed by atoms with E-state index in [1.54, 1.807) is 0 Å². The third-order valence-corrected chi connectivity index (χ3v) is 6.28. The largest absolute Gasteiger partial charge is 0.495 e. The van der Waals surface area contributed by atoms with E-state index in [9.17, 15) is 19.7 Å². The van der Waals surface area contributed by atoms with Gasteiger partial charge in [-0.2, -0.15) is 0 Å². The maximum atomic E-state index is 13.1. The first-order valence-electron chi connectivity index (χ1n) is 8.41. The summed E-state index contributed by atoms with van der Waals surface area (Å²) in [6.07, 6.45) is 5.29. The van der Waals surface area contributed by atoms with E-state index in [0.29, 0.717) is 11.8 Å². The summed E-state index contributed by atoms with van der Waals surface area (Å²) in [4.78, 5) is 37.9. The zero-order valence-corrected chi connectivity index (χ0v) is 13.5. The second-order valence-electron chi connectivity index (χ2n) is 7.28. The average Bonchev–Trinajstić information content (AvgIpc) is 3.39. The number of allylic oxidation sites excluding steroid dienone is 2. The zero-order chi connectivity index (χ0) is 17.5. The summed E-state index contributed by atoms with van der Waals surface area (Å²) in [5.41, 5.74) is 0.00406. The lowest BCUT2D eigenvalue weighted by Crippen LogP contribution is -2.40. The van der Waals surface area contributed by atoms with Crippen molar-refractivity contribution in [3.8, 4) is 5.75 Å². The highest BCUT2D eigenvalue weighted by Gasteiger charge is 2.67. The van der Waals surface area contributed by atoms with Crippen molar-refractivity contribution < 1.29 is 19.2 Å². The summed E-state index contributed by atoms with van der Waals surface area (Å²) >= 11 is 0. The van der Waals surface area contributed by atoms with Crippen molar-refractivity contribution in [1.29, 1.82) is 0 Å². The molecule has 6 rings (SSSR count). The molecule has 0 N–H and O–H groups in total. The number of hydrogen-bond acceptors (Lipinski definition) is 5. The highest BCUT2D eigenvalue weighted by molar-refractivity contribution is 6.23. The van der Waals surface area contributed by atoms with Gasteiger partial charge in [-0.15, -0.1) is 0 Å². The molecule has 1 saturated heterocycles. The van der Waals surface area contributed by atoms with Crippen LogP contribution in [0.3, 0.4) is 0 Å². The fourth-order valence-corrected chi connectivity index (χ4v) is 5.16. The van der Waals surface area contributed by atoms with Gasteiger partial charge in [0.05, 0.1) is 23.9 Å². The number of methoxy groups -OCH3 is 1. The molecule has 2 saturated carbocycles. The number of carbonyl (C=O) groups excluding carboxylic acids is 2. The molecular formula is C18H16N2O5. The van der Waals surface area contributed by atoms with Crippen molar-refractivity contribution in [2.24, 2.45) is 35.5 Å². The van der Waals surface area contributed by atoms with E-state index in [0.717, 1.165) is 11.3 Å². The fourth-order valence-electron chi connectivity index (χ4n) is 5.16. The van der Waals surface area contributed by atoms with Gasteiger partial charge in [-0.25, -0.2) is 4.90 Å². The summed E-state index contributed by atoms with van der Waals surface area (Å²) < 4.78 is 5.26. The first kappa shape index (κ1) is 14.6. The Morgan fingerprint density at radius 3 is 2.24 bits per heavy atom. The summed E-state index contributed by atoms with van der Waals surface area (Å²) in [6, 6.07) is 3.99. The van der Waals surface area contributed by atoms with Crippen LogP contribution >= 0.6 is 0 Å². The standard InChI is InChI=1S/C18H16N2O5/c1-25-14-5-2-8(20(23)24)6-13(14)19-17(21)15-9-3-4-10(12-7-11(9)12)16(15)18(19)22/h2-6,9-12,15-16H,7H2,1H3/t9-,10+,11-,12-,15+,16+/m1/s1. The molecule has 0 spiro atoms. The van der Waals surface area contributed by atoms with Crippen LogP contribution in [0.1, 0.15) is 6.42 Å². The quantitative estimate of drug-likeness (QED) is 0.364. The molecule has 1 aliphatic heterocycles. The van der Waals surface area contributed by atoms with Crippen LogP contribution in [0.5, 0.6) is 5.75 Å². The first-order valence-corrected chi connectivity index (χ1v) is 8.41.